The molecule has 1 fully saturated rings. The molecule has 1 heterocycles. The lowest BCUT2D eigenvalue weighted by Crippen LogP contribution is -2.46. The smallest absolute Gasteiger partial charge is 0.206 e. The fraction of sp³-hybridized carbons (Fsp3) is 0.346. The van der Waals surface area contributed by atoms with Crippen LogP contribution in [0.2, 0.25) is 0 Å². The van der Waals surface area contributed by atoms with Gasteiger partial charge in [-0.3, -0.25) is 9.69 Å². The highest BCUT2D eigenvalue weighted by Crippen LogP contribution is 2.32. The number of β-amino-alcohol motifs (C(OH)–C–C–N with tert-alkyl or cyclic N) is 1. The Morgan fingerprint density at radius 1 is 1.06 bits per heavy atom. The summed E-state index contributed by atoms with van der Waals surface area (Å²) in [6.07, 6.45) is 1.40. The minimum absolute atomic E-state index is 0.0637. The highest BCUT2D eigenvalue weighted by Gasteiger charge is 2.36. The lowest BCUT2D eigenvalue weighted by atomic mass is 9.88. The average Bonchev–Trinajstić information content (AvgIpc) is 2.79. The second-order valence-corrected chi connectivity index (χ2v) is 8.17. The number of carbonyl (C=O) groups excluding carboxylic acids is 1. The number of fused-ring (bicyclic) bond motifs is 1. The van der Waals surface area contributed by atoms with E-state index >= 15 is 0 Å². The molecule has 0 saturated carbocycles. The molecular weight excluding hydrogens is 393 g/mol. The highest BCUT2D eigenvalue weighted by molar-refractivity contribution is 5.97. The van der Waals surface area contributed by atoms with Crippen LogP contribution in [0.1, 0.15) is 35.7 Å². The number of carbonyl (C=O) groups is 1. The molecule has 0 aliphatic carbocycles. The first-order valence-corrected chi connectivity index (χ1v) is 10.9. The molecule has 1 N–H and O–H groups in total. The van der Waals surface area contributed by atoms with E-state index in [2.05, 4.69) is 4.90 Å². The van der Waals surface area contributed by atoms with Crippen molar-refractivity contribution in [1.29, 1.82) is 0 Å². The zero-order chi connectivity index (χ0) is 21.8. The highest BCUT2D eigenvalue weighted by atomic mass is 19.1. The fourth-order valence-electron chi connectivity index (χ4n) is 4.52. The molecule has 0 amide bonds. The van der Waals surface area contributed by atoms with Gasteiger partial charge in [0, 0.05) is 23.7 Å². The average molecular weight is 422 g/mol. The number of halogens is 1. The molecule has 1 aliphatic rings. The minimum Gasteiger partial charge on any atom is -0.361 e. The van der Waals surface area contributed by atoms with E-state index in [1.807, 2.05) is 49.4 Å². The summed E-state index contributed by atoms with van der Waals surface area (Å²) in [5, 5.41) is 13.6. The van der Waals surface area contributed by atoms with Gasteiger partial charge in [-0.25, -0.2) is 4.39 Å². The van der Waals surface area contributed by atoms with Crippen LogP contribution in [0.5, 0.6) is 0 Å². The molecule has 1 atom stereocenters. The van der Waals surface area contributed by atoms with Crippen molar-refractivity contribution in [2.24, 2.45) is 5.92 Å². The number of nitrogens with zero attached hydrogens (tertiary/aromatic N) is 1. The Morgan fingerprint density at radius 3 is 2.45 bits per heavy atom. The number of hydrogen-bond donors (Lipinski definition) is 1. The Bertz CT molecular complexity index is 1040. The second kappa shape index (κ2) is 9.27. The first kappa shape index (κ1) is 21.6. The van der Waals surface area contributed by atoms with E-state index in [-0.39, 0.29) is 17.5 Å². The van der Waals surface area contributed by atoms with Gasteiger partial charge in [0.2, 0.25) is 5.79 Å². The maximum atomic E-state index is 13.1. The molecule has 3 aromatic rings. The number of rotatable bonds is 7. The normalized spacial score (nSPS) is 17.5. The summed E-state index contributed by atoms with van der Waals surface area (Å²) in [6, 6.07) is 19.6. The molecular formula is C26H28FNO3. The zero-order valence-corrected chi connectivity index (χ0v) is 17.8. The van der Waals surface area contributed by atoms with Gasteiger partial charge >= 0.3 is 0 Å². The van der Waals surface area contributed by atoms with Crippen LogP contribution < -0.4 is 0 Å². The van der Waals surface area contributed by atoms with E-state index in [1.54, 1.807) is 12.1 Å². The monoisotopic (exact) mass is 421 g/mol. The standard InChI is InChI=1S/C26H28FNO3/c1-2-31-26(30,24-9-5-7-19-6-3-4-8-23(19)24)18-28-16-14-21(15-17-28)25(29)20-10-12-22(27)13-11-20/h3-13,21,30H,2,14-18H2,1H3. The van der Waals surface area contributed by atoms with Crippen LogP contribution in [0.4, 0.5) is 4.39 Å². The predicted octanol–water partition coefficient (Wildman–Crippen LogP) is 4.76. The molecule has 0 aromatic heterocycles. The van der Waals surface area contributed by atoms with Crippen molar-refractivity contribution in [2.75, 3.05) is 26.2 Å². The predicted molar refractivity (Wildman–Crippen MR) is 119 cm³/mol. The first-order chi connectivity index (χ1) is 15.0. The molecule has 0 bridgehead atoms. The van der Waals surface area contributed by atoms with Crippen molar-refractivity contribution in [3.63, 3.8) is 0 Å². The zero-order valence-electron chi connectivity index (χ0n) is 17.8. The molecule has 0 spiro atoms. The van der Waals surface area contributed by atoms with Crippen molar-refractivity contribution < 1.29 is 19.0 Å². The molecule has 5 heteroatoms. The van der Waals surface area contributed by atoms with Gasteiger partial charge in [0.1, 0.15) is 5.82 Å². The van der Waals surface area contributed by atoms with Crippen LogP contribution in [-0.4, -0.2) is 42.0 Å². The van der Waals surface area contributed by atoms with E-state index in [0.29, 0.717) is 44.6 Å². The molecule has 162 valence electrons. The number of benzene rings is 3. The second-order valence-electron chi connectivity index (χ2n) is 8.17. The van der Waals surface area contributed by atoms with Crippen molar-refractivity contribution in [2.45, 2.75) is 25.6 Å². The maximum absolute atomic E-state index is 13.1. The Morgan fingerprint density at radius 2 is 1.74 bits per heavy atom. The number of aliphatic hydroxyl groups is 1. The van der Waals surface area contributed by atoms with Gasteiger partial charge in [0.05, 0.1) is 6.54 Å². The molecule has 3 aromatic carbocycles. The first-order valence-electron chi connectivity index (χ1n) is 10.9. The number of Topliss-reactive ketones (excluding diaryl/α,β-unsaturated/α-hetero) is 1. The summed E-state index contributed by atoms with van der Waals surface area (Å²) in [6.45, 7) is 3.99. The van der Waals surface area contributed by atoms with E-state index < -0.39 is 5.79 Å². The van der Waals surface area contributed by atoms with E-state index in [4.69, 9.17) is 4.74 Å². The molecule has 1 aliphatic heterocycles. The Kier molecular flexibility index (Phi) is 6.46. The number of ether oxygens (including phenoxy) is 1. The number of ketones is 1. The quantitative estimate of drug-likeness (QED) is 0.442. The number of likely N-dealkylation sites (tertiary alicyclic amines) is 1. The molecule has 1 unspecified atom stereocenters. The van der Waals surface area contributed by atoms with Crippen LogP contribution in [0, 0.1) is 11.7 Å². The Hall–Kier alpha value is -2.60. The molecule has 31 heavy (non-hydrogen) atoms. The van der Waals surface area contributed by atoms with Gasteiger partial charge in [-0.15, -0.1) is 0 Å². The van der Waals surface area contributed by atoms with E-state index in [1.165, 1.54) is 12.1 Å². The summed E-state index contributed by atoms with van der Waals surface area (Å²) >= 11 is 0. The summed E-state index contributed by atoms with van der Waals surface area (Å²) in [5.74, 6) is -1.79. The minimum atomic E-state index is -1.43. The van der Waals surface area contributed by atoms with Gasteiger partial charge in [0.25, 0.3) is 0 Å². The van der Waals surface area contributed by atoms with Crippen molar-refractivity contribution in [1.82, 2.24) is 4.90 Å². The lowest BCUT2D eigenvalue weighted by molar-refractivity contribution is -0.220. The topological polar surface area (TPSA) is 49.8 Å². The molecule has 4 rings (SSSR count). The van der Waals surface area contributed by atoms with E-state index in [0.717, 1.165) is 16.3 Å². The maximum Gasteiger partial charge on any atom is 0.206 e. The summed E-state index contributed by atoms with van der Waals surface area (Å²) in [7, 11) is 0. The van der Waals surface area contributed by atoms with Gasteiger partial charge in [0.15, 0.2) is 5.78 Å². The Labute approximate surface area is 182 Å². The summed E-state index contributed by atoms with van der Waals surface area (Å²) < 4.78 is 19.0. The van der Waals surface area contributed by atoms with Crippen molar-refractivity contribution >= 4 is 16.6 Å². The van der Waals surface area contributed by atoms with Crippen molar-refractivity contribution in [3.8, 4) is 0 Å². The van der Waals surface area contributed by atoms with Crippen LogP contribution >= 0.6 is 0 Å². The third-order valence-electron chi connectivity index (χ3n) is 6.12. The van der Waals surface area contributed by atoms with Crippen LogP contribution in [0.15, 0.2) is 66.7 Å². The van der Waals surface area contributed by atoms with Gasteiger partial charge in [-0.1, -0.05) is 42.5 Å². The third-order valence-corrected chi connectivity index (χ3v) is 6.12. The third kappa shape index (κ3) is 4.69. The Balaban J connectivity index is 1.47. The largest absolute Gasteiger partial charge is 0.361 e. The molecule has 4 nitrogen and oxygen atoms in total. The van der Waals surface area contributed by atoms with Gasteiger partial charge in [-0.2, -0.15) is 0 Å². The molecule has 1 saturated heterocycles. The van der Waals surface area contributed by atoms with Gasteiger partial charge in [-0.05, 0) is 67.9 Å². The number of hydrogen-bond acceptors (Lipinski definition) is 4. The van der Waals surface area contributed by atoms with Crippen LogP contribution in [0.3, 0.4) is 0 Å². The van der Waals surface area contributed by atoms with E-state index in [9.17, 15) is 14.3 Å². The lowest BCUT2D eigenvalue weighted by Gasteiger charge is -2.38. The van der Waals surface area contributed by atoms with Crippen LogP contribution in [-0.2, 0) is 10.5 Å². The summed E-state index contributed by atoms with van der Waals surface area (Å²) in [4.78, 5) is 14.9. The SMILES string of the molecule is CCOC(O)(CN1CCC(C(=O)c2ccc(F)cc2)CC1)c1cccc2ccccc12. The summed E-state index contributed by atoms with van der Waals surface area (Å²) in [5.41, 5.74) is 1.32. The number of piperidine rings is 1. The van der Waals surface area contributed by atoms with Gasteiger partial charge < -0.3 is 9.84 Å². The van der Waals surface area contributed by atoms with Crippen molar-refractivity contribution in [3.05, 3.63) is 83.7 Å². The molecule has 0 radical (unpaired) electrons. The van der Waals surface area contributed by atoms with Crippen LogP contribution in [0.25, 0.3) is 10.8 Å². The fourth-order valence-corrected chi connectivity index (χ4v) is 4.52.